The van der Waals surface area contributed by atoms with Gasteiger partial charge in [0.15, 0.2) is 0 Å². The molecule has 0 saturated heterocycles. The lowest BCUT2D eigenvalue weighted by atomic mass is 10.3. The van der Waals surface area contributed by atoms with Crippen LogP contribution in [0.15, 0.2) is 52.2 Å². The highest BCUT2D eigenvalue weighted by Crippen LogP contribution is 2.19. The van der Waals surface area contributed by atoms with Crippen LogP contribution in [0.2, 0.25) is 0 Å². The molecule has 0 spiro atoms. The summed E-state index contributed by atoms with van der Waals surface area (Å²) in [4.78, 5) is 0.145. The molecule has 0 saturated carbocycles. The van der Waals surface area contributed by atoms with Gasteiger partial charge in [-0.05, 0) is 30.3 Å². The Morgan fingerprint density at radius 3 is 2.44 bits per heavy atom. The van der Waals surface area contributed by atoms with Crippen LogP contribution in [0.4, 0.5) is 0 Å². The molecule has 1 N–H and O–H groups in total. The number of benzene rings is 1. The first-order valence-corrected chi connectivity index (χ1v) is 6.70. The first-order valence-electron chi connectivity index (χ1n) is 5.26. The van der Waals surface area contributed by atoms with Crippen molar-refractivity contribution < 1.29 is 17.9 Å². The molecule has 0 bridgehead atoms. The monoisotopic (exact) mass is 267 g/mol. The van der Waals surface area contributed by atoms with Gasteiger partial charge in [0, 0.05) is 19.2 Å². The Hall–Kier alpha value is -1.79. The topological polar surface area (TPSA) is 70.8 Å². The highest BCUT2D eigenvalue weighted by atomic mass is 32.2. The minimum Gasteiger partial charge on any atom is -0.508 e. The zero-order chi connectivity index (χ0) is 13.2. The van der Waals surface area contributed by atoms with E-state index < -0.39 is 10.0 Å². The van der Waals surface area contributed by atoms with Gasteiger partial charge in [-0.1, -0.05) is 0 Å². The van der Waals surface area contributed by atoms with E-state index in [0.29, 0.717) is 0 Å². The Balaban J connectivity index is 2.22. The molecule has 0 aliphatic rings. The van der Waals surface area contributed by atoms with Gasteiger partial charge in [0.25, 0.3) is 0 Å². The summed E-state index contributed by atoms with van der Waals surface area (Å²) in [6, 6.07) is 7.15. The number of sulfonamides is 1. The largest absolute Gasteiger partial charge is 0.508 e. The predicted octanol–water partition coefficient (Wildman–Crippen LogP) is 1.81. The molecule has 18 heavy (non-hydrogen) atoms. The fourth-order valence-corrected chi connectivity index (χ4v) is 2.68. The molecule has 1 heterocycles. The van der Waals surface area contributed by atoms with Gasteiger partial charge < -0.3 is 9.52 Å². The summed E-state index contributed by atoms with van der Waals surface area (Å²) in [6.07, 6.45) is 3.00. The lowest BCUT2D eigenvalue weighted by Crippen LogP contribution is -2.26. The molecule has 0 aliphatic heterocycles. The SMILES string of the molecule is CN(Cc1ccoc1)S(=O)(=O)c1ccc(O)cc1. The number of hydrogen-bond acceptors (Lipinski definition) is 4. The van der Waals surface area contributed by atoms with E-state index in [0.717, 1.165) is 5.56 Å². The second-order valence-corrected chi connectivity index (χ2v) is 5.93. The molecular weight excluding hydrogens is 254 g/mol. The second kappa shape index (κ2) is 4.83. The summed E-state index contributed by atoms with van der Waals surface area (Å²) >= 11 is 0. The molecule has 5 nitrogen and oxygen atoms in total. The van der Waals surface area contributed by atoms with E-state index in [-0.39, 0.29) is 17.2 Å². The molecule has 2 rings (SSSR count). The number of phenolic OH excluding ortho intramolecular Hbond substituents is 1. The van der Waals surface area contributed by atoms with Gasteiger partial charge in [0.2, 0.25) is 10.0 Å². The standard InChI is InChI=1S/C12H13NO4S/c1-13(8-10-6-7-17-9-10)18(15,16)12-4-2-11(14)3-5-12/h2-7,9,14H,8H2,1H3. The number of rotatable bonds is 4. The quantitative estimate of drug-likeness (QED) is 0.917. The second-order valence-electron chi connectivity index (χ2n) is 3.89. The number of nitrogens with zero attached hydrogens (tertiary/aromatic N) is 1. The van der Waals surface area contributed by atoms with Crippen LogP contribution in [-0.4, -0.2) is 24.9 Å². The number of hydrogen-bond donors (Lipinski definition) is 1. The molecular formula is C12H13NO4S. The normalized spacial score (nSPS) is 11.9. The Morgan fingerprint density at radius 1 is 1.22 bits per heavy atom. The van der Waals surface area contributed by atoms with Crippen LogP contribution >= 0.6 is 0 Å². The maximum atomic E-state index is 12.2. The van der Waals surface area contributed by atoms with Gasteiger partial charge in [-0.3, -0.25) is 0 Å². The van der Waals surface area contributed by atoms with E-state index in [1.54, 1.807) is 6.07 Å². The number of aromatic hydroxyl groups is 1. The van der Waals surface area contributed by atoms with E-state index >= 15 is 0 Å². The third-order valence-electron chi connectivity index (χ3n) is 2.53. The van der Waals surface area contributed by atoms with E-state index in [2.05, 4.69) is 0 Å². The number of furan rings is 1. The van der Waals surface area contributed by atoms with Crippen LogP contribution in [0, 0.1) is 0 Å². The summed E-state index contributed by atoms with van der Waals surface area (Å²) in [6.45, 7) is 0.236. The summed E-state index contributed by atoms with van der Waals surface area (Å²) in [5.41, 5.74) is 0.778. The van der Waals surface area contributed by atoms with Crippen molar-refractivity contribution >= 4 is 10.0 Å². The van der Waals surface area contributed by atoms with Crippen LogP contribution in [0.3, 0.4) is 0 Å². The van der Waals surface area contributed by atoms with Crippen LogP contribution in [0.1, 0.15) is 5.56 Å². The maximum absolute atomic E-state index is 12.2. The maximum Gasteiger partial charge on any atom is 0.243 e. The zero-order valence-corrected chi connectivity index (χ0v) is 10.6. The van der Waals surface area contributed by atoms with E-state index in [4.69, 9.17) is 9.52 Å². The number of phenols is 1. The average molecular weight is 267 g/mol. The Morgan fingerprint density at radius 2 is 1.89 bits per heavy atom. The van der Waals surface area contributed by atoms with Gasteiger partial charge in [-0.2, -0.15) is 4.31 Å². The zero-order valence-electron chi connectivity index (χ0n) is 9.78. The molecule has 1 aromatic heterocycles. The summed E-state index contributed by atoms with van der Waals surface area (Å²) < 4.78 is 30.5. The van der Waals surface area contributed by atoms with Crippen molar-refractivity contribution in [2.24, 2.45) is 0 Å². The Labute approximate surface area is 105 Å². The van der Waals surface area contributed by atoms with E-state index in [9.17, 15) is 8.42 Å². The fourth-order valence-electron chi connectivity index (χ4n) is 1.52. The van der Waals surface area contributed by atoms with Crippen molar-refractivity contribution in [2.45, 2.75) is 11.4 Å². The molecule has 0 amide bonds. The predicted molar refractivity (Wildman–Crippen MR) is 65.5 cm³/mol. The van der Waals surface area contributed by atoms with Crippen molar-refractivity contribution in [2.75, 3.05) is 7.05 Å². The fraction of sp³-hybridized carbons (Fsp3) is 0.167. The first kappa shape index (κ1) is 12.7. The highest BCUT2D eigenvalue weighted by Gasteiger charge is 2.20. The van der Waals surface area contributed by atoms with Crippen molar-refractivity contribution in [1.29, 1.82) is 0 Å². The van der Waals surface area contributed by atoms with Crippen molar-refractivity contribution in [3.8, 4) is 5.75 Å². The summed E-state index contributed by atoms with van der Waals surface area (Å²) in [5, 5.41) is 9.15. The summed E-state index contributed by atoms with van der Waals surface area (Å²) in [5.74, 6) is 0.0337. The van der Waals surface area contributed by atoms with E-state index in [1.165, 1.54) is 48.1 Å². The van der Waals surface area contributed by atoms with Gasteiger partial charge in [-0.15, -0.1) is 0 Å². The van der Waals surface area contributed by atoms with Crippen LogP contribution in [0.25, 0.3) is 0 Å². The van der Waals surface area contributed by atoms with Crippen LogP contribution in [0.5, 0.6) is 5.75 Å². The van der Waals surface area contributed by atoms with Gasteiger partial charge in [-0.25, -0.2) is 8.42 Å². The Kier molecular flexibility index (Phi) is 3.40. The average Bonchev–Trinajstić information content (AvgIpc) is 2.82. The third kappa shape index (κ3) is 2.55. The minimum atomic E-state index is -3.55. The van der Waals surface area contributed by atoms with Crippen molar-refractivity contribution in [3.05, 3.63) is 48.4 Å². The van der Waals surface area contributed by atoms with Gasteiger partial charge >= 0.3 is 0 Å². The van der Waals surface area contributed by atoms with Crippen LogP contribution < -0.4 is 0 Å². The molecule has 0 radical (unpaired) electrons. The third-order valence-corrected chi connectivity index (χ3v) is 4.35. The molecule has 0 aliphatic carbocycles. The Bertz CT molecular complexity index is 602. The van der Waals surface area contributed by atoms with Crippen molar-refractivity contribution in [1.82, 2.24) is 4.31 Å². The minimum absolute atomic E-state index is 0.0337. The highest BCUT2D eigenvalue weighted by molar-refractivity contribution is 7.89. The summed E-state index contributed by atoms with van der Waals surface area (Å²) in [7, 11) is -2.06. The van der Waals surface area contributed by atoms with Gasteiger partial charge in [0.05, 0.1) is 17.4 Å². The van der Waals surface area contributed by atoms with E-state index in [1.807, 2.05) is 0 Å². The lowest BCUT2D eigenvalue weighted by molar-refractivity contribution is 0.462. The van der Waals surface area contributed by atoms with Crippen LogP contribution in [-0.2, 0) is 16.6 Å². The molecule has 6 heteroatoms. The smallest absolute Gasteiger partial charge is 0.243 e. The lowest BCUT2D eigenvalue weighted by Gasteiger charge is -2.16. The molecule has 0 atom stereocenters. The van der Waals surface area contributed by atoms with Crippen molar-refractivity contribution in [3.63, 3.8) is 0 Å². The molecule has 96 valence electrons. The first-order chi connectivity index (χ1) is 8.50. The molecule has 1 aromatic carbocycles. The molecule has 0 unspecified atom stereocenters. The molecule has 2 aromatic rings. The van der Waals surface area contributed by atoms with Gasteiger partial charge in [0.1, 0.15) is 5.75 Å². The molecule has 0 fully saturated rings.